The lowest BCUT2D eigenvalue weighted by Gasteiger charge is -2.38. The quantitative estimate of drug-likeness (QED) is 0.533. The molecule has 2 aliphatic heterocycles. The highest BCUT2D eigenvalue weighted by molar-refractivity contribution is 5.85. The van der Waals surface area contributed by atoms with E-state index in [-0.39, 0.29) is 24.4 Å². The smallest absolute Gasteiger partial charge is 0.243 e. The Bertz CT molecular complexity index is 540. The minimum Gasteiger partial charge on any atom is -0.356 e. The lowest BCUT2D eigenvalue weighted by molar-refractivity contribution is -0.136. The molecule has 2 amide bonds. The van der Waals surface area contributed by atoms with Gasteiger partial charge in [-0.25, -0.2) is 4.99 Å². The predicted octanol–water partition coefficient (Wildman–Crippen LogP) is -0.0854. The number of nitrogens with zero attached hydrogens (tertiary/aromatic N) is 5. The lowest BCUT2D eigenvalue weighted by Crippen LogP contribution is -2.56. The van der Waals surface area contributed by atoms with Crippen molar-refractivity contribution in [3.8, 4) is 0 Å². The molecule has 1 atom stereocenters. The van der Waals surface area contributed by atoms with Gasteiger partial charge in [0.2, 0.25) is 11.8 Å². The Balaban J connectivity index is 1.94. The fraction of sp³-hybridized carbons (Fsp3) is 0.842. The molecule has 2 saturated heterocycles. The number of likely N-dealkylation sites (tertiary alicyclic amines) is 1. The molecule has 8 nitrogen and oxygen atoms in total. The fourth-order valence-corrected chi connectivity index (χ4v) is 3.42. The average molecular weight is 381 g/mol. The summed E-state index contributed by atoms with van der Waals surface area (Å²) in [6.45, 7) is 9.12. The maximum Gasteiger partial charge on any atom is 0.243 e. The van der Waals surface area contributed by atoms with Gasteiger partial charge in [0.25, 0.3) is 0 Å². The van der Waals surface area contributed by atoms with Gasteiger partial charge in [0.05, 0.1) is 6.04 Å². The summed E-state index contributed by atoms with van der Waals surface area (Å²) in [7, 11) is 5.52. The molecule has 27 heavy (non-hydrogen) atoms. The SMILES string of the molecule is CC(C)CNC(=NCC(=O)N(C)C)N1CCN(C(=O)C2CCCN2C)CC1. The van der Waals surface area contributed by atoms with Crippen molar-refractivity contribution in [1.82, 2.24) is 24.9 Å². The molecule has 0 aromatic heterocycles. The van der Waals surface area contributed by atoms with Gasteiger partial charge in [-0.3, -0.25) is 14.5 Å². The van der Waals surface area contributed by atoms with E-state index in [9.17, 15) is 9.59 Å². The number of carbonyl (C=O) groups excluding carboxylic acids is 2. The van der Waals surface area contributed by atoms with Crippen molar-refractivity contribution in [1.29, 1.82) is 0 Å². The second kappa shape index (κ2) is 9.92. The number of piperazine rings is 1. The molecule has 0 bridgehead atoms. The molecule has 0 aliphatic carbocycles. The molecule has 1 unspecified atom stereocenters. The van der Waals surface area contributed by atoms with E-state index in [0.29, 0.717) is 19.0 Å². The highest BCUT2D eigenvalue weighted by Gasteiger charge is 2.33. The van der Waals surface area contributed by atoms with Gasteiger partial charge in [-0.2, -0.15) is 0 Å². The molecule has 0 aromatic carbocycles. The third-order valence-electron chi connectivity index (χ3n) is 5.23. The first-order valence-electron chi connectivity index (χ1n) is 10.0. The first-order valence-corrected chi connectivity index (χ1v) is 10.0. The zero-order valence-corrected chi connectivity index (χ0v) is 17.6. The standard InChI is InChI=1S/C19H36N6O2/c1-15(2)13-20-19(21-14-17(26)22(3)4)25-11-9-24(10-12-25)18(27)16-7-6-8-23(16)5/h15-16H,6-14H2,1-5H3,(H,20,21). The van der Waals surface area contributed by atoms with Crippen LogP contribution in [0.5, 0.6) is 0 Å². The summed E-state index contributed by atoms with van der Waals surface area (Å²) >= 11 is 0. The lowest BCUT2D eigenvalue weighted by atomic mass is 10.1. The molecule has 0 saturated carbocycles. The molecular formula is C19H36N6O2. The van der Waals surface area contributed by atoms with Crippen molar-refractivity contribution in [2.75, 3.05) is 67.0 Å². The van der Waals surface area contributed by atoms with Gasteiger partial charge in [-0.15, -0.1) is 0 Å². The summed E-state index contributed by atoms with van der Waals surface area (Å²) in [5.41, 5.74) is 0. The van der Waals surface area contributed by atoms with Gasteiger partial charge in [0.1, 0.15) is 6.54 Å². The minimum atomic E-state index is -0.0167. The summed E-state index contributed by atoms with van der Waals surface area (Å²) < 4.78 is 0. The Kier molecular flexibility index (Phi) is 7.89. The van der Waals surface area contributed by atoms with Crippen molar-refractivity contribution in [3.05, 3.63) is 0 Å². The highest BCUT2D eigenvalue weighted by Crippen LogP contribution is 2.18. The molecule has 2 aliphatic rings. The number of likely N-dealkylation sites (N-methyl/N-ethyl adjacent to an activating group) is 2. The van der Waals surface area contributed by atoms with Gasteiger partial charge >= 0.3 is 0 Å². The first-order chi connectivity index (χ1) is 12.8. The van der Waals surface area contributed by atoms with Crippen molar-refractivity contribution in [2.45, 2.75) is 32.7 Å². The van der Waals surface area contributed by atoms with E-state index >= 15 is 0 Å². The Morgan fingerprint density at radius 1 is 1.11 bits per heavy atom. The van der Waals surface area contributed by atoms with Crippen LogP contribution in [0.4, 0.5) is 0 Å². The normalized spacial score (nSPS) is 21.7. The van der Waals surface area contributed by atoms with Gasteiger partial charge in [-0.05, 0) is 32.4 Å². The highest BCUT2D eigenvalue weighted by atomic mass is 16.2. The maximum absolute atomic E-state index is 12.8. The average Bonchev–Trinajstić information content (AvgIpc) is 3.06. The van der Waals surface area contributed by atoms with Crippen LogP contribution >= 0.6 is 0 Å². The summed E-state index contributed by atoms with van der Waals surface area (Å²) in [4.78, 5) is 37.1. The zero-order valence-electron chi connectivity index (χ0n) is 17.6. The molecule has 1 N–H and O–H groups in total. The zero-order chi connectivity index (χ0) is 20.0. The van der Waals surface area contributed by atoms with Crippen LogP contribution in [-0.4, -0.2) is 110 Å². The van der Waals surface area contributed by atoms with Crippen LogP contribution in [-0.2, 0) is 9.59 Å². The molecule has 8 heteroatoms. The predicted molar refractivity (Wildman–Crippen MR) is 108 cm³/mol. The van der Waals surface area contributed by atoms with Crippen LogP contribution in [0.1, 0.15) is 26.7 Å². The van der Waals surface area contributed by atoms with Gasteiger partial charge in [0, 0.05) is 46.8 Å². The number of hydrogen-bond donors (Lipinski definition) is 1. The summed E-state index contributed by atoms with van der Waals surface area (Å²) in [5.74, 6) is 1.49. The monoisotopic (exact) mass is 380 g/mol. The minimum absolute atomic E-state index is 0.0167. The number of carbonyl (C=O) groups is 2. The molecule has 0 radical (unpaired) electrons. The van der Waals surface area contributed by atoms with E-state index in [1.807, 2.05) is 11.9 Å². The Hall–Kier alpha value is -1.83. The molecule has 0 spiro atoms. The topological polar surface area (TPSA) is 71.5 Å². The second-order valence-corrected chi connectivity index (χ2v) is 8.15. The molecular weight excluding hydrogens is 344 g/mol. The number of guanidine groups is 1. The third-order valence-corrected chi connectivity index (χ3v) is 5.23. The van der Waals surface area contributed by atoms with Gasteiger partial charge in [-0.1, -0.05) is 13.8 Å². The van der Waals surface area contributed by atoms with E-state index in [1.54, 1.807) is 19.0 Å². The van der Waals surface area contributed by atoms with Crippen LogP contribution in [0.25, 0.3) is 0 Å². The Labute approximate surface area is 163 Å². The van der Waals surface area contributed by atoms with E-state index in [2.05, 4.69) is 34.0 Å². The van der Waals surface area contributed by atoms with Crippen molar-refractivity contribution in [2.24, 2.45) is 10.9 Å². The van der Waals surface area contributed by atoms with E-state index in [4.69, 9.17) is 0 Å². The van der Waals surface area contributed by atoms with Crippen molar-refractivity contribution in [3.63, 3.8) is 0 Å². The van der Waals surface area contributed by atoms with Crippen LogP contribution in [0.2, 0.25) is 0 Å². The Morgan fingerprint density at radius 2 is 1.74 bits per heavy atom. The number of aliphatic imine (C=N–C) groups is 1. The van der Waals surface area contributed by atoms with E-state index in [0.717, 1.165) is 45.0 Å². The molecule has 0 aromatic rings. The maximum atomic E-state index is 12.8. The van der Waals surface area contributed by atoms with Gasteiger partial charge in [0.15, 0.2) is 5.96 Å². The summed E-state index contributed by atoms with van der Waals surface area (Å²) in [5, 5.41) is 3.38. The third kappa shape index (κ3) is 6.09. The molecule has 2 heterocycles. The van der Waals surface area contributed by atoms with Crippen molar-refractivity contribution < 1.29 is 9.59 Å². The van der Waals surface area contributed by atoms with Gasteiger partial charge < -0.3 is 20.0 Å². The Morgan fingerprint density at radius 3 is 2.26 bits per heavy atom. The number of rotatable bonds is 5. The van der Waals surface area contributed by atoms with Crippen LogP contribution in [0.15, 0.2) is 4.99 Å². The van der Waals surface area contributed by atoms with E-state index < -0.39 is 0 Å². The fourth-order valence-electron chi connectivity index (χ4n) is 3.42. The second-order valence-electron chi connectivity index (χ2n) is 8.15. The molecule has 2 fully saturated rings. The van der Waals surface area contributed by atoms with Crippen molar-refractivity contribution >= 4 is 17.8 Å². The summed E-state index contributed by atoms with van der Waals surface area (Å²) in [6, 6.07) is 0.0430. The van der Waals surface area contributed by atoms with Crippen LogP contribution in [0.3, 0.4) is 0 Å². The van der Waals surface area contributed by atoms with Crippen LogP contribution in [0, 0.1) is 5.92 Å². The summed E-state index contributed by atoms with van der Waals surface area (Å²) in [6.07, 6.45) is 2.06. The van der Waals surface area contributed by atoms with E-state index in [1.165, 1.54) is 0 Å². The molecule has 154 valence electrons. The number of hydrogen-bond acceptors (Lipinski definition) is 4. The largest absolute Gasteiger partial charge is 0.356 e. The number of amides is 2. The molecule has 2 rings (SSSR count). The number of nitrogens with one attached hydrogen (secondary N) is 1. The first kappa shape index (κ1) is 21.5. The van der Waals surface area contributed by atoms with Crippen LogP contribution < -0.4 is 5.32 Å².